The van der Waals surface area contributed by atoms with E-state index in [0.717, 1.165) is 37.7 Å². The van der Waals surface area contributed by atoms with Crippen LogP contribution in [0.2, 0.25) is 0 Å². The van der Waals surface area contributed by atoms with Gasteiger partial charge in [-0.05, 0) is 73.9 Å². The average Bonchev–Trinajstić information content (AvgIpc) is 2.89. The highest BCUT2D eigenvalue weighted by molar-refractivity contribution is 7.89. The van der Waals surface area contributed by atoms with E-state index in [1.54, 1.807) is 42.5 Å². The number of hydrogen-bond donors (Lipinski definition) is 1. The molecule has 1 aliphatic rings. The molecule has 0 atom stereocenters. The zero-order valence-electron chi connectivity index (χ0n) is 20.6. The molecular weight excluding hydrogens is 476 g/mol. The molecule has 3 aromatic carbocycles. The van der Waals surface area contributed by atoms with Crippen LogP contribution in [-0.2, 0) is 14.8 Å². The summed E-state index contributed by atoms with van der Waals surface area (Å²) in [7, 11) is -2.52. The maximum Gasteiger partial charge on any atom is 0.247 e. The minimum absolute atomic E-state index is 0.0887. The molecule has 4 rings (SSSR count). The van der Waals surface area contributed by atoms with Crippen molar-refractivity contribution in [1.82, 2.24) is 4.31 Å². The summed E-state index contributed by atoms with van der Waals surface area (Å²) in [4.78, 5) is 13.1. The highest BCUT2D eigenvalue weighted by Crippen LogP contribution is 2.32. The van der Waals surface area contributed by atoms with Crippen molar-refractivity contribution in [3.05, 3.63) is 78.4 Å². The monoisotopic (exact) mass is 508 g/mol. The fraction of sp³-hybridized carbons (Fsp3) is 0.321. The third-order valence-corrected chi connectivity index (χ3v) is 8.22. The molecule has 8 heteroatoms. The minimum atomic E-state index is -3.97. The van der Waals surface area contributed by atoms with Crippen molar-refractivity contribution in [3.63, 3.8) is 0 Å². The number of hydrogen-bond acceptors (Lipinski definition) is 5. The van der Waals surface area contributed by atoms with Crippen LogP contribution < -0.4 is 14.8 Å². The largest absolute Gasteiger partial charge is 0.495 e. The molecule has 7 nitrogen and oxygen atoms in total. The summed E-state index contributed by atoms with van der Waals surface area (Å²) in [6, 6.07) is 21.2. The number of benzene rings is 3. The molecule has 1 amide bonds. The third-order valence-electron chi connectivity index (χ3n) is 6.30. The Morgan fingerprint density at radius 3 is 2.28 bits per heavy atom. The molecule has 0 aromatic heterocycles. The molecule has 1 N–H and O–H groups in total. The van der Waals surface area contributed by atoms with Crippen LogP contribution in [0.1, 0.15) is 37.7 Å². The number of aryl methyl sites for hydroxylation is 1. The zero-order valence-corrected chi connectivity index (χ0v) is 21.5. The number of carbonyl (C=O) groups excluding carboxylic acids is 1. The number of ether oxygens (including phenoxy) is 2. The minimum Gasteiger partial charge on any atom is -0.495 e. The highest BCUT2D eigenvalue weighted by atomic mass is 32.2. The number of nitrogens with one attached hydrogen (secondary N) is 1. The molecule has 36 heavy (non-hydrogen) atoms. The van der Waals surface area contributed by atoms with Crippen molar-refractivity contribution in [2.45, 2.75) is 50.0 Å². The number of amides is 1. The van der Waals surface area contributed by atoms with Gasteiger partial charge >= 0.3 is 0 Å². The lowest BCUT2D eigenvalue weighted by Gasteiger charge is -2.33. The van der Waals surface area contributed by atoms with E-state index < -0.39 is 15.9 Å². The number of rotatable bonds is 9. The van der Waals surface area contributed by atoms with Crippen LogP contribution in [-0.4, -0.2) is 38.3 Å². The molecule has 190 valence electrons. The van der Waals surface area contributed by atoms with Crippen molar-refractivity contribution in [1.29, 1.82) is 0 Å². The molecule has 0 spiro atoms. The van der Waals surface area contributed by atoms with Gasteiger partial charge in [0.25, 0.3) is 0 Å². The first-order valence-corrected chi connectivity index (χ1v) is 13.6. The fourth-order valence-corrected chi connectivity index (χ4v) is 6.35. The van der Waals surface area contributed by atoms with Crippen LogP contribution in [0.4, 0.5) is 5.69 Å². The average molecular weight is 509 g/mol. The predicted octanol–water partition coefficient (Wildman–Crippen LogP) is 5.76. The van der Waals surface area contributed by atoms with Crippen molar-refractivity contribution in [2.24, 2.45) is 0 Å². The standard InChI is InChI=1S/C28H32N2O5S/c1-21-13-18-26(34-2)27(19-21)36(32,33)30(23-9-5-3-6-10-23)20-28(31)29-22-14-16-25(17-15-22)35-24-11-7-4-8-12-24/h4,7-8,11-19,23H,3,5-6,9-10,20H2,1-2H3,(H,29,31). The molecule has 1 fully saturated rings. The van der Waals surface area contributed by atoms with Crippen molar-refractivity contribution >= 4 is 21.6 Å². The van der Waals surface area contributed by atoms with Crippen LogP contribution in [0.25, 0.3) is 0 Å². The van der Waals surface area contributed by atoms with E-state index in [1.807, 2.05) is 37.3 Å². The molecule has 0 bridgehead atoms. The number of methoxy groups -OCH3 is 1. The van der Waals surface area contributed by atoms with E-state index in [2.05, 4.69) is 5.32 Å². The summed E-state index contributed by atoms with van der Waals surface area (Å²) in [5.41, 5.74) is 1.37. The van der Waals surface area contributed by atoms with E-state index in [0.29, 0.717) is 17.2 Å². The van der Waals surface area contributed by atoms with Gasteiger partial charge in [0.2, 0.25) is 15.9 Å². The van der Waals surface area contributed by atoms with Crippen molar-refractivity contribution in [3.8, 4) is 17.2 Å². The van der Waals surface area contributed by atoms with Gasteiger partial charge in [-0.2, -0.15) is 4.31 Å². The molecule has 1 aliphatic carbocycles. The number of sulfonamides is 1. The molecule has 0 saturated heterocycles. The summed E-state index contributed by atoms with van der Waals surface area (Å²) in [5, 5.41) is 2.83. The Kier molecular flexibility index (Phi) is 8.28. The lowest BCUT2D eigenvalue weighted by molar-refractivity contribution is -0.116. The Labute approximate surface area is 213 Å². The molecule has 0 radical (unpaired) electrons. The maximum atomic E-state index is 13.8. The number of para-hydroxylation sites is 1. The normalized spacial score (nSPS) is 14.4. The Bertz CT molecular complexity index is 1270. The smallest absolute Gasteiger partial charge is 0.247 e. The van der Waals surface area contributed by atoms with E-state index >= 15 is 0 Å². The van der Waals surface area contributed by atoms with Gasteiger partial charge in [0.05, 0.1) is 13.7 Å². The SMILES string of the molecule is COc1ccc(C)cc1S(=O)(=O)N(CC(=O)Nc1ccc(Oc2ccccc2)cc1)C1CCCCC1. The highest BCUT2D eigenvalue weighted by Gasteiger charge is 2.35. The topological polar surface area (TPSA) is 84.9 Å². The third kappa shape index (κ3) is 6.25. The molecular formula is C28H32N2O5S. The molecule has 3 aromatic rings. The van der Waals surface area contributed by atoms with Crippen molar-refractivity contribution in [2.75, 3.05) is 19.0 Å². The van der Waals surface area contributed by atoms with Crippen LogP contribution >= 0.6 is 0 Å². The summed E-state index contributed by atoms with van der Waals surface area (Å²) < 4.78 is 40.1. The molecule has 0 heterocycles. The summed E-state index contributed by atoms with van der Waals surface area (Å²) >= 11 is 0. The van der Waals surface area contributed by atoms with Gasteiger partial charge in [-0.25, -0.2) is 8.42 Å². The molecule has 0 unspecified atom stereocenters. The van der Waals surface area contributed by atoms with Gasteiger partial charge in [0.1, 0.15) is 22.1 Å². The van der Waals surface area contributed by atoms with Crippen LogP contribution in [0, 0.1) is 6.92 Å². The first-order chi connectivity index (χ1) is 17.4. The Hall–Kier alpha value is -3.36. The van der Waals surface area contributed by atoms with Gasteiger partial charge < -0.3 is 14.8 Å². The second-order valence-corrected chi connectivity index (χ2v) is 10.8. The van der Waals surface area contributed by atoms with E-state index in [1.165, 1.54) is 11.4 Å². The summed E-state index contributed by atoms with van der Waals surface area (Å²) in [6.07, 6.45) is 4.40. The van der Waals surface area contributed by atoms with E-state index in [-0.39, 0.29) is 23.2 Å². The maximum absolute atomic E-state index is 13.8. The van der Waals surface area contributed by atoms with Gasteiger partial charge in [0, 0.05) is 11.7 Å². The Morgan fingerprint density at radius 2 is 1.61 bits per heavy atom. The molecule has 1 saturated carbocycles. The lowest BCUT2D eigenvalue weighted by atomic mass is 9.95. The van der Waals surface area contributed by atoms with Crippen molar-refractivity contribution < 1.29 is 22.7 Å². The quantitative estimate of drug-likeness (QED) is 0.397. The summed E-state index contributed by atoms with van der Waals surface area (Å²) in [5.74, 6) is 1.23. The Balaban J connectivity index is 1.51. The predicted molar refractivity (Wildman–Crippen MR) is 140 cm³/mol. The van der Waals surface area contributed by atoms with Gasteiger partial charge in [-0.1, -0.05) is 43.5 Å². The second kappa shape index (κ2) is 11.6. The number of anilines is 1. The van der Waals surface area contributed by atoms with Gasteiger partial charge in [-0.3, -0.25) is 4.79 Å². The Morgan fingerprint density at radius 1 is 0.944 bits per heavy atom. The molecule has 0 aliphatic heterocycles. The number of nitrogens with zero attached hydrogens (tertiary/aromatic N) is 1. The van der Waals surface area contributed by atoms with Gasteiger partial charge in [0.15, 0.2) is 0 Å². The lowest BCUT2D eigenvalue weighted by Crippen LogP contribution is -2.45. The van der Waals surface area contributed by atoms with E-state index in [4.69, 9.17) is 9.47 Å². The zero-order chi connectivity index (χ0) is 25.5. The second-order valence-electron chi connectivity index (χ2n) is 8.98. The first-order valence-electron chi connectivity index (χ1n) is 12.2. The van der Waals surface area contributed by atoms with Crippen LogP contribution in [0.5, 0.6) is 17.2 Å². The first kappa shape index (κ1) is 25.7. The van der Waals surface area contributed by atoms with Crippen LogP contribution in [0.15, 0.2) is 77.7 Å². The fourth-order valence-electron chi connectivity index (χ4n) is 4.46. The van der Waals surface area contributed by atoms with E-state index in [9.17, 15) is 13.2 Å². The van der Waals surface area contributed by atoms with Crippen LogP contribution in [0.3, 0.4) is 0 Å². The summed E-state index contributed by atoms with van der Waals surface area (Å²) in [6.45, 7) is 1.56. The van der Waals surface area contributed by atoms with Gasteiger partial charge in [-0.15, -0.1) is 0 Å². The number of carbonyl (C=O) groups is 1.